The third kappa shape index (κ3) is 5.01. The molecule has 2 aromatic rings. The summed E-state index contributed by atoms with van der Waals surface area (Å²) in [5.74, 6) is -0.592. The van der Waals surface area contributed by atoms with Gasteiger partial charge in [0, 0.05) is 29.7 Å². The predicted octanol–water partition coefficient (Wildman–Crippen LogP) is 4.04. The van der Waals surface area contributed by atoms with Crippen LogP contribution in [-0.4, -0.2) is 44.4 Å². The monoisotopic (exact) mass is 470 g/mol. The van der Waals surface area contributed by atoms with Crippen molar-refractivity contribution in [2.75, 3.05) is 36.6 Å². The largest absolute Gasteiger partial charge is 0.486 e. The molecule has 0 radical (unpaired) electrons. The van der Waals surface area contributed by atoms with Gasteiger partial charge in [-0.25, -0.2) is 0 Å². The summed E-state index contributed by atoms with van der Waals surface area (Å²) in [6, 6.07) is 8.95. The van der Waals surface area contributed by atoms with Gasteiger partial charge in [-0.15, -0.1) is 0 Å². The van der Waals surface area contributed by atoms with Crippen molar-refractivity contribution < 1.29 is 37.0 Å². The molecule has 2 aliphatic rings. The number of hydrogen-bond donors (Lipinski definition) is 1. The van der Waals surface area contributed by atoms with Crippen LogP contribution in [0.2, 0.25) is 5.02 Å². The highest BCUT2D eigenvalue weighted by molar-refractivity contribution is 6.31. The Hall–Kier alpha value is -3.14. The van der Waals surface area contributed by atoms with E-state index >= 15 is 0 Å². The second kappa shape index (κ2) is 8.78. The van der Waals surface area contributed by atoms with Gasteiger partial charge in [-0.05, 0) is 30.3 Å². The third-order valence-corrected chi connectivity index (χ3v) is 5.16. The standard InChI is InChI=1S/C21H18ClF3N2O5/c22-13-1-3-16(32-11-21(23,24)25)15(8-13)26-20(29)12-7-19(28)27(10-12)14-2-4-17-18(9-14)31-6-5-30-17/h1-4,8-9,12H,5-7,10-11H2,(H,26,29). The van der Waals surface area contributed by atoms with Crippen LogP contribution >= 0.6 is 11.6 Å². The normalized spacial score (nSPS) is 17.9. The van der Waals surface area contributed by atoms with E-state index in [0.717, 1.165) is 0 Å². The fourth-order valence-corrected chi connectivity index (χ4v) is 3.62. The lowest BCUT2D eigenvalue weighted by Crippen LogP contribution is -2.28. The van der Waals surface area contributed by atoms with E-state index in [1.165, 1.54) is 23.1 Å². The number of rotatable bonds is 5. The maximum atomic E-state index is 12.8. The number of ether oxygens (including phenoxy) is 3. The molecule has 2 aromatic carbocycles. The minimum absolute atomic E-state index is 0.00280. The molecular formula is C21H18ClF3N2O5. The number of hydrogen-bond acceptors (Lipinski definition) is 5. The van der Waals surface area contributed by atoms with Gasteiger partial charge in [0.1, 0.15) is 19.0 Å². The lowest BCUT2D eigenvalue weighted by atomic mass is 10.1. The molecule has 4 rings (SSSR count). The topological polar surface area (TPSA) is 77.1 Å². The lowest BCUT2D eigenvalue weighted by molar-refractivity contribution is -0.153. The van der Waals surface area contributed by atoms with Gasteiger partial charge in [0.2, 0.25) is 11.8 Å². The summed E-state index contributed by atoms with van der Waals surface area (Å²) in [4.78, 5) is 26.8. The lowest BCUT2D eigenvalue weighted by Gasteiger charge is -2.22. The Morgan fingerprint density at radius 3 is 2.66 bits per heavy atom. The summed E-state index contributed by atoms with van der Waals surface area (Å²) in [5, 5.41) is 2.74. The third-order valence-electron chi connectivity index (χ3n) is 4.92. The van der Waals surface area contributed by atoms with Crippen LogP contribution in [0, 0.1) is 5.92 Å². The number of alkyl halides is 3. The maximum absolute atomic E-state index is 12.8. The highest BCUT2D eigenvalue weighted by Crippen LogP contribution is 2.36. The van der Waals surface area contributed by atoms with E-state index < -0.39 is 24.6 Å². The van der Waals surface area contributed by atoms with Crippen molar-refractivity contribution in [3.63, 3.8) is 0 Å². The first-order valence-electron chi connectivity index (χ1n) is 9.69. The van der Waals surface area contributed by atoms with Gasteiger partial charge in [0.25, 0.3) is 0 Å². The molecule has 1 unspecified atom stereocenters. The van der Waals surface area contributed by atoms with E-state index in [0.29, 0.717) is 30.4 Å². The summed E-state index contributed by atoms with van der Waals surface area (Å²) in [7, 11) is 0. The first-order chi connectivity index (χ1) is 15.2. The molecule has 0 aromatic heterocycles. The number of carbonyl (C=O) groups is 2. The van der Waals surface area contributed by atoms with Crippen molar-refractivity contribution in [3.05, 3.63) is 41.4 Å². The van der Waals surface area contributed by atoms with E-state index in [2.05, 4.69) is 5.32 Å². The summed E-state index contributed by atoms with van der Waals surface area (Å²) in [6.45, 7) is -0.579. The van der Waals surface area contributed by atoms with Gasteiger partial charge in [-0.3, -0.25) is 9.59 Å². The maximum Gasteiger partial charge on any atom is 0.422 e. The molecule has 1 N–H and O–H groups in total. The van der Waals surface area contributed by atoms with Gasteiger partial charge in [0.05, 0.1) is 11.6 Å². The van der Waals surface area contributed by atoms with Gasteiger partial charge in [-0.2, -0.15) is 13.2 Å². The van der Waals surface area contributed by atoms with Crippen LogP contribution in [0.4, 0.5) is 24.5 Å². The number of amides is 2. The molecule has 0 bridgehead atoms. The van der Waals surface area contributed by atoms with Crippen LogP contribution < -0.4 is 24.4 Å². The van der Waals surface area contributed by atoms with E-state index in [9.17, 15) is 22.8 Å². The minimum Gasteiger partial charge on any atom is -0.486 e. The number of fused-ring (bicyclic) bond motifs is 1. The molecule has 1 saturated heterocycles. The van der Waals surface area contributed by atoms with Gasteiger partial charge in [-0.1, -0.05) is 11.6 Å². The average Bonchev–Trinajstić information content (AvgIpc) is 3.14. The molecular weight excluding hydrogens is 453 g/mol. The molecule has 2 heterocycles. The summed E-state index contributed by atoms with van der Waals surface area (Å²) < 4.78 is 53.3. The molecule has 1 atom stereocenters. The fourth-order valence-electron chi connectivity index (χ4n) is 3.45. The number of anilines is 2. The number of halogens is 4. The van der Waals surface area contributed by atoms with Crippen molar-refractivity contribution in [2.45, 2.75) is 12.6 Å². The van der Waals surface area contributed by atoms with Gasteiger partial charge < -0.3 is 24.4 Å². The van der Waals surface area contributed by atoms with Crippen molar-refractivity contribution >= 4 is 34.8 Å². The molecule has 7 nitrogen and oxygen atoms in total. The average molecular weight is 471 g/mol. The fraction of sp³-hybridized carbons (Fsp3) is 0.333. The second-order valence-electron chi connectivity index (χ2n) is 7.27. The Labute approximate surface area is 186 Å². The molecule has 32 heavy (non-hydrogen) atoms. The van der Waals surface area contributed by atoms with Crippen LogP contribution in [0.3, 0.4) is 0 Å². The molecule has 2 aliphatic heterocycles. The van der Waals surface area contributed by atoms with E-state index in [-0.39, 0.29) is 35.3 Å². The van der Waals surface area contributed by atoms with Gasteiger partial charge in [0.15, 0.2) is 18.1 Å². The quantitative estimate of drug-likeness (QED) is 0.713. The molecule has 11 heteroatoms. The highest BCUT2D eigenvalue weighted by atomic mass is 35.5. The highest BCUT2D eigenvalue weighted by Gasteiger charge is 2.36. The van der Waals surface area contributed by atoms with Gasteiger partial charge >= 0.3 is 6.18 Å². The number of carbonyl (C=O) groups excluding carboxylic acids is 2. The first kappa shape index (κ1) is 22.1. The zero-order chi connectivity index (χ0) is 22.9. The predicted molar refractivity (Wildman–Crippen MR) is 110 cm³/mol. The molecule has 1 fully saturated rings. The Morgan fingerprint density at radius 2 is 1.91 bits per heavy atom. The summed E-state index contributed by atoms with van der Waals surface area (Å²) in [6.07, 6.45) is -4.59. The second-order valence-corrected chi connectivity index (χ2v) is 7.70. The Bertz CT molecular complexity index is 1050. The number of benzene rings is 2. The number of nitrogens with zero attached hydrogens (tertiary/aromatic N) is 1. The van der Waals surface area contributed by atoms with Crippen molar-refractivity contribution in [3.8, 4) is 17.2 Å². The molecule has 0 saturated carbocycles. The molecule has 0 aliphatic carbocycles. The van der Waals surface area contributed by atoms with Crippen molar-refractivity contribution in [1.29, 1.82) is 0 Å². The zero-order valence-corrected chi connectivity index (χ0v) is 17.3. The van der Waals surface area contributed by atoms with Crippen LogP contribution in [-0.2, 0) is 9.59 Å². The summed E-state index contributed by atoms with van der Waals surface area (Å²) >= 11 is 5.92. The van der Waals surface area contributed by atoms with Crippen LogP contribution in [0.15, 0.2) is 36.4 Å². The van der Waals surface area contributed by atoms with Crippen molar-refractivity contribution in [1.82, 2.24) is 0 Å². The smallest absolute Gasteiger partial charge is 0.422 e. The minimum atomic E-state index is -4.54. The van der Waals surface area contributed by atoms with Crippen LogP contribution in [0.1, 0.15) is 6.42 Å². The number of nitrogens with one attached hydrogen (secondary N) is 1. The molecule has 170 valence electrons. The summed E-state index contributed by atoms with van der Waals surface area (Å²) in [5.41, 5.74) is 0.559. The molecule has 2 amide bonds. The first-order valence-corrected chi connectivity index (χ1v) is 10.1. The Kier molecular flexibility index (Phi) is 6.05. The van der Waals surface area contributed by atoms with Crippen LogP contribution in [0.5, 0.6) is 17.2 Å². The molecule has 0 spiro atoms. The zero-order valence-electron chi connectivity index (χ0n) is 16.6. The Balaban J connectivity index is 1.46. The van der Waals surface area contributed by atoms with E-state index in [1.54, 1.807) is 18.2 Å². The van der Waals surface area contributed by atoms with E-state index in [4.69, 9.17) is 25.8 Å². The van der Waals surface area contributed by atoms with E-state index in [1.807, 2.05) is 0 Å². The van der Waals surface area contributed by atoms with Crippen LogP contribution in [0.25, 0.3) is 0 Å². The van der Waals surface area contributed by atoms with Crippen molar-refractivity contribution in [2.24, 2.45) is 5.92 Å². The SMILES string of the molecule is O=C(Nc1cc(Cl)ccc1OCC(F)(F)F)C1CC(=O)N(c2ccc3c(c2)OCCO3)C1. The Morgan fingerprint density at radius 1 is 1.16 bits per heavy atom.